The van der Waals surface area contributed by atoms with Gasteiger partial charge < -0.3 is 19.7 Å². The van der Waals surface area contributed by atoms with Crippen LogP contribution in [-0.4, -0.2) is 41.9 Å². The van der Waals surface area contributed by atoms with E-state index in [0.717, 1.165) is 5.56 Å². The van der Waals surface area contributed by atoms with Crippen LogP contribution in [-0.2, 0) is 4.74 Å². The molecule has 0 aliphatic rings. The van der Waals surface area contributed by atoms with E-state index in [0.29, 0.717) is 29.8 Å². The van der Waals surface area contributed by atoms with Crippen molar-refractivity contribution in [2.75, 3.05) is 25.1 Å². The van der Waals surface area contributed by atoms with Crippen LogP contribution >= 0.6 is 0 Å². The lowest BCUT2D eigenvalue weighted by Gasteiger charge is -2.19. The van der Waals surface area contributed by atoms with E-state index < -0.39 is 12.2 Å². The van der Waals surface area contributed by atoms with Crippen LogP contribution in [0.2, 0.25) is 0 Å². The summed E-state index contributed by atoms with van der Waals surface area (Å²) in [6, 6.07) is 13.6. The Bertz CT molecular complexity index is 775. The maximum atomic E-state index is 12.3. The summed E-state index contributed by atoms with van der Waals surface area (Å²) >= 11 is 0. The van der Waals surface area contributed by atoms with E-state index in [1.165, 1.54) is 6.92 Å². The largest absolute Gasteiger partial charge is 0.491 e. The van der Waals surface area contributed by atoms with Gasteiger partial charge in [-0.1, -0.05) is 12.1 Å². The minimum absolute atomic E-state index is 0.0192. The first-order valence-corrected chi connectivity index (χ1v) is 9.06. The topological polar surface area (TPSA) is 105 Å². The molecule has 0 heterocycles. The fraction of sp³-hybridized carbons (Fsp3) is 0.333. The lowest BCUT2D eigenvalue weighted by atomic mass is 10.0. The zero-order valence-corrected chi connectivity index (χ0v) is 15.8. The molecule has 7 heteroatoms. The van der Waals surface area contributed by atoms with Gasteiger partial charge in [-0.25, -0.2) is 4.79 Å². The molecule has 0 unspecified atom stereocenters. The Hall–Kier alpha value is -2.90. The number of aliphatic hydroxyl groups is 2. The first-order valence-electron chi connectivity index (χ1n) is 9.06. The Labute approximate surface area is 163 Å². The SMILES string of the molecule is CC(=O)c1ccc(NC(=O)O[C@@H](CCCO)c2cccc(OCCO)c2)cc1. The lowest BCUT2D eigenvalue weighted by molar-refractivity contribution is 0.0991. The normalized spacial score (nSPS) is 11.5. The van der Waals surface area contributed by atoms with Crippen molar-refractivity contribution in [1.29, 1.82) is 0 Å². The van der Waals surface area contributed by atoms with Crippen molar-refractivity contribution in [2.24, 2.45) is 0 Å². The predicted molar refractivity (Wildman–Crippen MR) is 105 cm³/mol. The highest BCUT2D eigenvalue weighted by molar-refractivity contribution is 5.94. The van der Waals surface area contributed by atoms with Crippen molar-refractivity contribution in [3.63, 3.8) is 0 Å². The molecule has 2 rings (SSSR count). The van der Waals surface area contributed by atoms with Gasteiger partial charge in [0.15, 0.2) is 5.78 Å². The number of ketones is 1. The molecule has 2 aromatic rings. The molecule has 0 saturated heterocycles. The Morgan fingerprint density at radius 2 is 1.82 bits per heavy atom. The van der Waals surface area contributed by atoms with Crippen molar-refractivity contribution in [2.45, 2.75) is 25.9 Å². The number of carbonyl (C=O) groups is 2. The summed E-state index contributed by atoms with van der Waals surface area (Å²) in [5.74, 6) is 0.505. The fourth-order valence-electron chi connectivity index (χ4n) is 2.60. The number of hydrogen-bond donors (Lipinski definition) is 3. The summed E-state index contributed by atoms with van der Waals surface area (Å²) in [5.41, 5.74) is 1.79. The molecule has 0 saturated carbocycles. The number of nitrogens with one attached hydrogen (secondary N) is 1. The molecular weight excluding hydrogens is 362 g/mol. The van der Waals surface area contributed by atoms with Crippen LogP contribution in [0.15, 0.2) is 48.5 Å². The van der Waals surface area contributed by atoms with Gasteiger partial charge in [-0.3, -0.25) is 10.1 Å². The minimum Gasteiger partial charge on any atom is -0.491 e. The van der Waals surface area contributed by atoms with Gasteiger partial charge in [0.05, 0.1) is 6.61 Å². The number of amides is 1. The third-order valence-corrected chi connectivity index (χ3v) is 4.00. The molecular formula is C21H25NO6. The van der Waals surface area contributed by atoms with Crippen molar-refractivity contribution in [3.05, 3.63) is 59.7 Å². The monoisotopic (exact) mass is 387 g/mol. The summed E-state index contributed by atoms with van der Waals surface area (Å²) in [6.45, 7) is 1.53. The van der Waals surface area contributed by atoms with E-state index in [2.05, 4.69) is 5.32 Å². The van der Waals surface area contributed by atoms with Crippen molar-refractivity contribution in [1.82, 2.24) is 0 Å². The molecule has 0 spiro atoms. The molecule has 0 aliphatic heterocycles. The molecule has 150 valence electrons. The Morgan fingerprint density at radius 3 is 2.46 bits per heavy atom. The average molecular weight is 387 g/mol. The van der Waals surface area contributed by atoms with E-state index in [1.54, 1.807) is 42.5 Å². The molecule has 0 aromatic heterocycles. The van der Waals surface area contributed by atoms with Gasteiger partial charge in [-0.05, 0) is 61.7 Å². The first-order chi connectivity index (χ1) is 13.5. The molecule has 0 bridgehead atoms. The maximum absolute atomic E-state index is 12.3. The highest BCUT2D eigenvalue weighted by Crippen LogP contribution is 2.27. The molecule has 0 radical (unpaired) electrons. The van der Waals surface area contributed by atoms with E-state index >= 15 is 0 Å². The zero-order chi connectivity index (χ0) is 20.4. The standard InChI is InChI=1S/C21H25NO6/c1-15(25)16-7-9-18(10-8-16)22-21(26)28-20(6-3-11-23)17-4-2-5-19(14-17)27-13-12-24/h2,4-5,7-10,14,20,23-24H,3,6,11-13H2,1H3,(H,22,26)/t20-/m0/s1. The van der Waals surface area contributed by atoms with Crippen LogP contribution in [0.5, 0.6) is 5.75 Å². The molecule has 0 fully saturated rings. The molecule has 1 atom stereocenters. The van der Waals surface area contributed by atoms with E-state index in [4.69, 9.17) is 19.7 Å². The number of carbonyl (C=O) groups excluding carboxylic acids is 2. The number of aliphatic hydroxyl groups excluding tert-OH is 2. The van der Waals surface area contributed by atoms with Crippen LogP contribution < -0.4 is 10.1 Å². The summed E-state index contributed by atoms with van der Waals surface area (Å²) in [4.78, 5) is 23.6. The van der Waals surface area contributed by atoms with Crippen molar-refractivity contribution < 1.29 is 29.3 Å². The number of anilines is 1. The summed E-state index contributed by atoms with van der Waals surface area (Å²) in [6.07, 6.45) is -0.301. The Kier molecular flexibility index (Phi) is 8.45. The average Bonchev–Trinajstić information content (AvgIpc) is 2.70. The summed E-state index contributed by atoms with van der Waals surface area (Å²) in [7, 11) is 0. The second kappa shape index (κ2) is 11.1. The van der Waals surface area contributed by atoms with E-state index in [9.17, 15) is 9.59 Å². The van der Waals surface area contributed by atoms with Crippen LogP contribution in [0, 0.1) is 0 Å². The molecule has 2 aromatic carbocycles. The van der Waals surface area contributed by atoms with E-state index in [1.807, 2.05) is 6.07 Å². The highest BCUT2D eigenvalue weighted by Gasteiger charge is 2.17. The fourth-order valence-corrected chi connectivity index (χ4v) is 2.60. The van der Waals surface area contributed by atoms with Gasteiger partial charge in [0.2, 0.25) is 0 Å². The third kappa shape index (κ3) is 6.68. The summed E-state index contributed by atoms with van der Waals surface area (Å²) < 4.78 is 10.9. The lowest BCUT2D eigenvalue weighted by Crippen LogP contribution is -2.18. The van der Waals surface area contributed by atoms with Gasteiger partial charge in [-0.2, -0.15) is 0 Å². The smallest absolute Gasteiger partial charge is 0.412 e. The zero-order valence-electron chi connectivity index (χ0n) is 15.8. The number of Topliss-reactive ketones (excluding diaryl/α,β-unsaturated/α-hetero) is 1. The van der Waals surface area contributed by atoms with Gasteiger partial charge >= 0.3 is 6.09 Å². The van der Waals surface area contributed by atoms with Crippen molar-refractivity contribution in [3.8, 4) is 5.75 Å². The Balaban J connectivity index is 2.06. The second-order valence-electron chi connectivity index (χ2n) is 6.16. The molecule has 28 heavy (non-hydrogen) atoms. The number of ether oxygens (including phenoxy) is 2. The van der Waals surface area contributed by atoms with Crippen LogP contribution in [0.1, 0.15) is 41.8 Å². The van der Waals surface area contributed by atoms with Gasteiger partial charge in [0.1, 0.15) is 18.5 Å². The van der Waals surface area contributed by atoms with Gasteiger partial charge in [0, 0.05) is 17.9 Å². The second-order valence-corrected chi connectivity index (χ2v) is 6.16. The van der Waals surface area contributed by atoms with Crippen LogP contribution in [0.4, 0.5) is 10.5 Å². The van der Waals surface area contributed by atoms with Gasteiger partial charge in [-0.15, -0.1) is 0 Å². The molecule has 3 N–H and O–H groups in total. The van der Waals surface area contributed by atoms with E-state index in [-0.39, 0.29) is 25.6 Å². The van der Waals surface area contributed by atoms with Crippen LogP contribution in [0.25, 0.3) is 0 Å². The Morgan fingerprint density at radius 1 is 1.07 bits per heavy atom. The highest BCUT2D eigenvalue weighted by atomic mass is 16.6. The third-order valence-electron chi connectivity index (χ3n) is 4.00. The van der Waals surface area contributed by atoms with Crippen LogP contribution in [0.3, 0.4) is 0 Å². The quantitative estimate of drug-likeness (QED) is 0.540. The number of benzene rings is 2. The maximum Gasteiger partial charge on any atom is 0.412 e. The molecule has 7 nitrogen and oxygen atoms in total. The molecule has 1 amide bonds. The first kappa shape index (κ1) is 21.4. The van der Waals surface area contributed by atoms with Gasteiger partial charge in [0.25, 0.3) is 0 Å². The minimum atomic E-state index is -0.639. The predicted octanol–water partition coefficient (Wildman–Crippen LogP) is 3.32. The number of rotatable bonds is 10. The number of hydrogen-bond acceptors (Lipinski definition) is 6. The molecule has 0 aliphatic carbocycles. The van der Waals surface area contributed by atoms with Crippen molar-refractivity contribution >= 4 is 17.6 Å². The summed E-state index contributed by atoms with van der Waals surface area (Å²) in [5, 5.41) is 20.7.